The summed E-state index contributed by atoms with van der Waals surface area (Å²) in [5.41, 5.74) is 3.92. The minimum atomic E-state index is -1.02. The molecule has 0 aliphatic heterocycles. The lowest BCUT2D eigenvalue weighted by molar-refractivity contribution is 0.0689. The summed E-state index contributed by atoms with van der Waals surface area (Å²) in [6.45, 7) is 6.23. The third-order valence-corrected chi connectivity index (χ3v) is 3.88. The molecule has 0 amide bonds. The fraction of sp³-hybridized carbons (Fsp3) is 0.286. The summed E-state index contributed by atoms with van der Waals surface area (Å²) in [4.78, 5) is 11.0. The van der Waals surface area contributed by atoms with Gasteiger partial charge in [0.2, 0.25) is 0 Å². The lowest BCUT2D eigenvalue weighted by Crippen LogP contribution is -1.97. The van der Waals surface area contributed by atoms with Crippen LogP contribution in [0.4, 0.5) is 0 Å². The Hall–Kier alpha value is -1.62. The van der Waals surface area contributed by atoms with Crippen molar-refractivity contribution in [3.8, 4) is 11.3 Å². The third-order valence-electron chi connectivity index (χ3n) is 3.10. The Morgan fingerprint density at radius 2 is 2.11 bits per heavy atom. The number of rotatable bonds is 3. The van der Waals surface area contributed by atoms with E-state index in [0.29, 0.717) is 16.1 Å². The van der Waals surface area contributed by atoms with Gasteiger partial charge in [-0.1, -0.05) is 26.0 Å². The van der Waals surface area contributed by atoms with Crippen molar-refractivity contribution < 1.29 is 9.90 Å². The van der Waals surface area contributed by atoms with Crippen LogP contribution >= 0.6 is 15.9 Å². The van der Waals surface area contributed by atoms with Crippen LogP contribution < -0.4 is 0 Å². The molecule has 0 aliphatic carbocycles. The summed E-state index contributed by atoms with van der Waals surface area (Å²) in [6, 6.07) is 6.18. The molecule has 2 aromatic rings. The van der Waals surface area contributed by atoms with E-state index in [-0.39, 0.29) is 5.69 Å². The van der Waals surface area contributed by atoms with Gasteiger partial charge in [-0.3, -0.25) is 5.10 Å². The number of hydrogen-bond acceptors (Lipinski definition) is 2. The zero-order valence-corrected chi connectivity index (χ0v) is 12.6. The van der Waals surface area contributed by atoms with E-state index in [1.807, 2.05) is 13.0 Å². The van der Waals surface area contributed by atoms with Gasteiger partial charge in [-0.2, -0.15) is 5.10 Å². The first-order valence-electron chi connectivity index (χ1n) is 6.00. The lowest BCUT2D eigenvalue weighted by atomic mass is 9.96. The van der Waals surface area contributed by atoms with Gasteiger partial charge in [-0.15, -0.1) is 0 Å². The second-order valence-corrected chi connectivity index (χ2v) is 5.59. The molecule has 0 unspecified atom stereocenters. The predicted molar refractivity (Wildman–Crippen MR) is 77.5 cm³/mol. The Bertz CT molecular complexity index is 632. The quantitative estimate of drug-likeness (QED) is 0.898. The number of benzene rings is 1. The molecule has 0 saturated heterocycles. The van der Waals surface area contributed by atoms with Gasteiger partial charge < -0.3 is 5.11 Å². The van der Waals surface area contributed by atoms with Crippen LogP contribution in [0.25, 0.3) is 11.3 Å². The molecule has 5 heteroatoms. The van der Waals surface area contributed by atoms with Gasteiger partial charge in [-0.05, 0) is 46.0 Å². The molecule has 0 spiro atoms. The van der Waals surface area contributed by atoms with Crippen molar-refractivity contribution in [2.24, 2.45) is 0 Å². The Labute approximate surface area is 120 Å². The number of aryl methyl sites for hydroxylation is 1. The molecule has 0 saturated carbocycles. The fourth-order valence-electron chi connectivity index (χ4n) is 1.90. The average molecular weight is 323 g/mol. The van der Waals surface area contributed by atoms with Crippen molar-refractivity contribution in [1.82, 2.24) is 10.2 Å². The number of carboxylic acids is 1. The number of aromatic nitrogens is 2. The molecular weight excluding hydrogens is 308 g/mol. The smallest absolute Gasteiger partial charge is 0.355 e. The number of carboxylic acid groups (broad SMARTS) is 1. The predicted octanol–water partition coefficient (Wildman–Crippen LogP) is 3.97. The molecule has 0 aliphatic rings. The Balaban J connectivity index is 2.58. The molecule has 1 heterocycles. The normalized spacial score (nSPS) is 11.0. The molecule has 0 fully saturated rings. The summed E-state index contributed by atoms with van der Waals surface area (Å²) in [5, 5.41) is 15.7. The summed E-state index contributed by atoms with van der Waals surface area (Å²) < 4.78 is 0.490. The summed E-state index contributed by atoms with van der Waals surface area (Å²) >= 11 is 3.31. The van der Waals surface area contributed by atoms with E-state index >= 15 is 0 Å². The van der Waals surface area contributed by atoms with Crippen LogP contribution in [-0.4, -0.2) is 21.3 Å². The van der Waals surface area contributed by atoms with Crippen LogP contribution in [0.5, 0.6) is 0 Å². The number of hydrogen-bond donors (Lipinski definition) is 2. The topological polar surface area (TPSA) is 66.0 Å². The number of H-pyrrole nitrogens is 1. The number of nitrogens with one attached hydrogen (secondary N) is 1. The van der Waals surface area contributed by atoms with Gasteiger partial charge in [0.15, 0.2) is 5.69 Å². The molecule has 4 nitrogen and oxygen atoms in total. The first kappa shape index (κ1) is 13.8. The molecule has 0 bridgehead atoms. The van der Waals surface area contributed by atoms with E-state index in [9.17, 15) is 4.79 Å². The molecular formula is C14H15BrN2O2. The average Bonchev–Trinajstić information content (AvgIpc) is 2.71. The van der Waals surface area contributed by atoms with E-state index in [4.69, 9.17) is 5.11 Å². The minimum absolute atomic E-state index is 0.0735. The van der Waals surface area contributed by atoms with Crippen LogP contribution in [0.1, 0.15) is 41.4 Å². The summed E-state index contributed by atoms with van der Waals surface area (Å²) in [6.07, 6.45) is 0. The van der Waals surface area contributed by atoms with Crippen molar-refractivity contribution in [3.63, 3.8) is 0 Å². The summed E-state index contributed by atoms with van der Waals surface area (Å²) in [7, 11) is 0. The summed E-state index contributed by atoms with van der Waals surface area (Å²) in [5.74, 6) is -0.612. The highest BCUT2D eigenvalue weighted by Crippen LogP contribution is 2.32. The molecule has 1 aromatic heterocycles. The van der Waals surface area contributed by atoms with Crippen LogP contribution in [0, 0.1) is 6.92 Å². The van der Waals surface area contributed by atoms with E-state index in [2.05, 4.69) is 52.1 Å². The number of aromatic carboxylic acids is 1. The van der Waals surface area contributed by atoms with E-state index in [1.165, 1.54) is 5.56 Å². The second kappa shape index (κ2) is 5.17. The van der Waals surface area contributed by atoms with Crippen molar-refractivity contribution in [1.29, 1.82) is 0 Å². The maximum absolute atomic E-state index is 11.0. The van der Waals surface area contributed by atoms with Crippen LogP contribution in [-0.2, 0) is 0 Å². The first-order chi connectivity index (χ1) is 8.91. The molecule has 1 aromatic carbocycles. The lowest BCUT2D eigenvalue weighted by Gasteiger charge is -2.10. The highest BCUT2D eigenvalue weighted by atomic mass is 79.9. The maximum Gasteiger partial charge on any atom is 0.355 e. The zero-order chi connectivity index (χ0) is 14.2. The van der Waals surface area contributed by atoms with Crippen molar-refractivity contribution in [2.45, 2.75) is 26.7 Å². The highest BCUT2D eigenvalue weighted by Gasteiger charge is 2.19. The SMILES string of the molecule is Cc1ccc(C(C)C)cc1-c1n[nH]c(C(=O)O)c1Br. The van der Waals surface area contributed by atoms with Crippen molar-refractivity contribution in [2.75, 3.05) is 0 Å². The standard InChI is InChI=1S/C14H15BrN2O2/c1-7(2)9-5-4-8(3)10(6-9)12-11(15)13(14(18)19)17-16-12/h4-7H,1-3H3,(H,16,17)(H,18,19). The maximum atomic E-state index is 11.0. The Morgan fingerprint density at radius 3 is 2.63 bits per heavy atom. The fourth-order valence-corrected chi connectivity index (χ4v) is 2.46. The first-order valence-corrected chi connectivity index (χ1v) is 6.79. The van der Waals surface area contributed by atoms with Gasteiger partial charge in [0, 0.05) is 5.56 Å². The van der Waals surface area contributed by atoms with Gasteiger partial charge in [-0.25, -0.2) is 4.79 Å². The van der Waals surface area contributed by atoms with Crippen LogP contribution in [0.3, 0.4) is 0 Å². The number of nitrogens with zero attached hydrogens (tertiary/aromatic N) is 1. The van der Waals surface area contributed by atoms with E-state index < -0.39 is 5.97 Å². The van der Waals surface area contributed by atoms with Gasteiger partial charge in [0.05, 0.1) is 4.47 Å². The number of carbonyl (C=O) groups is 1. The van der Waals surface area contributed by atoms with Crippen molar-refractivity contribution >= 4 is 21.9 Å². The third kappa shape index (κ3) is 2.56. The van der Waals surface area contributed by atoms with Gasteiger partial charge in [0.1, 0.15) is 5.69 Å². The van der Waals surface area contributed by atoms with Crippen molar-refractivity contribution in [3.05, 3.63) is 39.5 Å². The number of halogens is 1. The van der Waals surface area contributed by atoms with Gasteiger partial charge >= 0.3 is 5.97 Å². The Morgan fingerprint density at radius 1 is 1.42 bits per heavy atom. The molecule has 0 atom stereocenters. The molecule has 100 valence electrons. The largest absolute Gasteiger partial charge is 0.476 e. The van der Waals surface area contributed by atoms with E-state index in [1.54, 1.807) is 0 Å². The van der Waals surface area contributed by atoms with Crippen LogP contribution in [0.2, 0.25) is 0 Å². The molecule has 0 radical (unpaired) electrons. The molecule has 2 rings (SSSR count). The Kier molecular flexibility index (Phi) is 3.75. The monoisotopic (exact) mass is 322 g/mol. The minimum Gasteiger partial charge on any atom is -0.476 e. The molecule has 2 N–H and O–H groups in total. The van der Waals surface area contributed by atoms with E-state index in [0.717, 1.165) is 11.1 Å². The van der Waals surface area contributed by atoms with Crippen LogP contribution in [0.15, 0.2) is 22.7 Å². The van der Waals surface area contributed by atoms with Gasteiger partial charge in [0.25, 0.3) is 0 Å². The molecule has 19 heavy (non-hydrogen) atoms. The zero-order valence-electron chi connectivity index (χ0n) is 11.0. The number of aromatic amines is 1. The highest BCUT2D eigenvalue weighted by molar-refractivity contribution is 9.10. The second-order valence-electron chi connectivity index (χ2n) is 4.80.